The molecule has 0 unspecified atom stereocenters. The zero-order valence-corrected chi connectivity index (χ0v) is 13.6. The Morgan fingerprint density at radius 2 is 2.14 bits per heavy atom. The van der Waals surface area contributed by atoms with E-state index >= 15 is 0 Å². The third-order valence-corrected chi connectivity index (χ3v) is 3.75. The Morgan fingerprint density at radius 1 is 1.48 bits per heavy atom. The molecule has 6 heteroatoms. The molecular weight excluding hydrogens is 288 g/mol. The number of nitrogens with one attached hydrogen (secondary N) is 1. The van der Waals surface area contributed by atoms with Gasteiger partial charge < -0.3 is 10.4 Å². The van der Waals surface area contributed by atoms with E-state index in [1.807, 2.05) is 29.7 Å². The van der Waals surface area contributed by atoms with Crippen molar-refractivity contribution in [2.45, 2.75) is 39.3 Å². The van der Waals surface area contributed by atoms with Crippen molar-refractivity contribution in [1.82, 2.24) is 10.2 Å². The summed E-state index contributed by atoms with van der Waals surface area (Å²) in [5.74, 6) is -0.303. The molecule has 1 heterocycles. The van der Waals surface area contributed by atoms with Gasteiger partial charge in [-0.05, 0) is 45.2 Å². The van der Waals surface area contributed by atoms with E-state index < -0.39 is 17.7 Å². The highest BCUT2D eigenvalue weighted by molar-refractivity contribution is 7.10. The molecule has 0 fully saturated rings. The highest BCUT2D eigenvalue weighted by Crippen LogP contribution is 2.17. The molecule has 1 rings (SSSR count). The Kier molecular flexibility index (Phi) is 5.96. The number of nitrogens with zero attached hydrogens (tertiary/aromatic N) is 1. The molecule has 2 N–H and O–H groups in total. The van der Waals surface area contributed by atoms with Gasteiger partial charge in [-0.25, -0.2) is 4.79 Å². The van der Waals surface area contributed by atoms with Crippen LogP contribution in [0.4, 0.5) is 4.79 Å². The fourth-order valence-electron chi connectivity index (χ4n) is 2.02. The second-order valence-electron chi connectivity index (χ2n) is 5.66. The van der Waals surface area contributed by atoms with E-state index in [4.69, 9.17) is 0 Å². The summed E-state index contributed by atoms with van der Waals surface area (Å²) in [4.78, 5) is 25.6. The monoisotopic (exact) mass is 310 g/mol. The Hall–Kier alpha value is -1.82. The fourth-order valence-corrected chi connectivity index (χ4v) is 2.67. The van der Waals surface area contributed by atoms with Gasteiger partial charge in [0.05, 0.1) is 0 Å². The predicted octanol–water partition coefficient (Wildman–Crippen LogP) is 3.04. The molecule has 0 aliphatic heterocycles. The van der Waals surface area contributed by atoms with Gasteiger partial charge in [0, 0.05) is 17.0 Å². The molecule has 0 aromatic carbocycles. The normalized spacial score (nSPS) is 13.1. The quantitative estimate of drug-likeness (QED) is 0.878. The van der Waals surface area contributed by atoms with Crippen LogP contribution in [-0.2, 0) is 4.79 Å². The highest BCUT2D eigenvalue weighted by Gasteiger charge is 2.34. The predicted molar refractivity (Wildman–Crippen MR) is 85.4 cm³/mol. The average Bonchev–Trinajstić information content (AvgIpc) is 2.85. The summed E-state index contributed by atoms with van der Waals surface area (Å²) in [6.07, 6.45) is 2.67. The Balaban J connectivity index is 2.55. The van der Waals surface area contributed by atoms with Crippen molar-refractivity contribution in [3.05, 3.63) is 28.5 Å². The first-order valence-electron chi connectivity index (χ1n) is 6.73. The topological polar surface area (TPSA) is 69.6 Å². The van der Waals surface area contributed by atoms with Crippen LogP contribution in [0, 0.1) is 0 Å². The van der Waals surface area contributed by atoms with E-state index in [9.17, 15) is 14.7 Å². The van der Waals surface area contributed by atoms with Crippen LogP contribution in [0.1, 0.15) is 32.6 Å². The lowest BCUT2D eigenvalue weighted by Crippen LogP contribution is -2.55. The molecule has 0 saturated carbocycles. The molecule has 116 valence electrons. The van der Waals surface area contributed by atoms with Gasteiger partial charge in [0.2, 0.25) is 5.91 Å². The van der Waals surface area contributed by atoms with Crippen molar-refractivity contribution in [2.75, 3.05) is 6.54 Å². The van der Waals surface area contributed by atoms with Crippen molar-refractivity contribution in [1.29, 1.82) is 0 Å². The van der Waals surface area contributed by atoms with Crippen molar-refractivity contribution >= 4 is 29.4 Å². The second kappa shape index (κ2) is 7.26. The molecular formula is C15H22N2O3S. The summed E-state index contributed by atoms with van der Waals surface area (Å²) in [6.45, 7) is 7.27. The highest BCUT2D eigenvalue weighted by atomic mass is 32.1. The zero-order chi connectivity index (χ0) is 16.0. The van der Waals surface area contributed by atoms with Gasteiger partial charge in [-0.2, -0.15) is 0 Å². The minimum absolute atomic E-state index is 0.303. The van der Waals surface area contributed by atoms with E-state index in [2.05, 4.69) is 5.32 Å². The number of amides is 2. The van der Waals surface area contributed by atoms with Crippen molar-refractivity contribution < 1.29 is 14.7 Å². The Morgan fingerprint density at radius 3 is 2.62 bits per heavy atom. The molecule has 0 saturated heterocycles. The van der Waals surface area contributed by atoms with Crippen LogP contribution in [-0.4, -0.2) is 40.1 Å². The third-order valence-electron chi connectivity index (χ3n) is 2.91. The van der Waals surface area contributed by atoms with Crippen molar-refractivity contribution in [2.24, 2.45) is 0 Å². The molecule has 0 aliphatic rings. The first-order chi connectivity index (χ1) is 9.73. The average molecular weight is 310 g/mol. The van der Waals surface area contributed by atoms with E-state index in [0.29, 0.717) is 6.54 Å². The zero-order valence-electron chi connectivity index (χ0n) is 12.8. The molecule has 0 radical (unpaired) electrons. The summed E-state index contributed by atoms with van der Waals surface area (Å²) in [5.41, 5.74) is -0.630. The van der Waals surface area contributed by atoms with Gasteiger partial charge in [0.1, 0.15) is 6.04 Å². The number of hydrogen-bond donors (Lipinski definition) is 2. The molecule has 0 spiro atoms. The fraction of sp³-hybridized carbons (Fsp3) is 0.467. The molecule has 1 atom stereocenters. The number of carbonyl (C=O) groups excluding carboxylic acids is 1. The van der Waals surface area contributed by atoms with Crippen LogP contribution in [0.3, 0.4) is 0 Å². The second-order valence-corrected chi connectivity index (χ2v) is 6.64. The largest absolute Gasteiger partial charge is 0.465 e. The summed E-state index contributed by atoms with van der Waals surface area (Å²) < 4.78 is 0. The molecule has 21 heavy (non-hydrogen) atoms. The van der Waals surface area contributed by atoms with Crippen LogP contribution in [0.25, 0.3) is 6.08 Å². The van der Waals surface area contributed by atoms with Gasteiger partial charge in [0.15, 0.2) is 0 Å². The van der Waals surface area contributed by atoms with Gasteiger partial charge in [-0.3, -0.25) is 9.69 Å². The van der Waals surface area contributed by atoms with E-state index in [1.54, 1.807) is 39.0 Å². The molecule has 1 aromatic rings. The minimum Gasteiger partial charge on any atom is -0.465 e. The van der Waals surface area contributed by atoms with E-state index in [0.717, 1.165) is 9.78 Å². The van der Waals surface area contributed by atoms with Crippen LogP contribution in [0.15, 0.2) is 23.6 Å². The number of hydrogen-bond acceptors (Lipinski definition) is 3. The SMILES string of the molecule is C[C@H](C(=O)NCC=Cc1cccs1)N(C(=O)O)C(C)(C)C. The lowest BCUT2D eigenvalue weighted by atomic mass is 10.0. The summed E-state index contributed by atoms with van der Waals surface area (Å²) in [7, 11) is 0. The molecule has 1 aromatic heterocycles. The van der Waals surface area contributed by atoms with Crippen LogP contribution < -0.4 is 5.32 Å². The van der Waals surface area contributed by atoms with Crippen molar-refractivity contribution in [3.8, 4) is 0 Å². The maximum absolute atomic E-state index is 12.0. The van der Waals surface area contributed by atoms with Gasteiger partial charge in [-0.1, -0.05) is 12.1 Å². The maximum Gasteiger partial charge on any atom is 0.408 e. The Labute approximate surface area is 129 Å². The summed E-state index contributed by atoms with van der Waals surface area (Å²) in [5, 5.41) is 14.0. The maximum atomic E-state index is 12.0. The smallest absolute Gasteiger partial charge is 0.408 e. The van der Waals surface area contributed by atoms with Crippen molar-refractivity contribution in [3.63, 3.8) is 0 Å². The lowest BCUT2D eigenvalue weighted by Gasteiger charge is -2.37. The first kappa shape index (κ1) is 17.2. The van der Waals surface area contributed by atoms with Crippen LogP contribution in [0.2, 0.25) is 0 Å². The molecule has 5 nitrogen and oxygen atoms in total. The van der Waals surface area contributed by atoms with E-state index in [1.165, 1.54) is 0 Å². The van der Waals surface area contributed by atoms with E-state index in [-0.39, 0.29) is 5.91 Å². The minimum atomic E-state index is -1.10. The summed E-state index contributed by atoms with van der Waals surface area (Å²) >= 11 is 1.61. The van der Waals surface area contributed by atoms with Gasteiger partial charge in [0.25, 0.3) is 0 Å². The van der Waals surface area contributed by atoms with Gasteiger partial charge >= 0.3 is 6.09 Å². The standard InChI is InChI=1S/C15H22N2O3S/c1-11(17(14(19)20)15(2,3)4)13(18)16-9-5-7-12-8-6-10-21-12/h5-8,10-11H,9H2,1-4H3,(H,16,18)(H,19,20)/t11-/m1/s1. The van der Waals surface area contributed by atoms with Gasteiger partial charge in [-0.15, -0.1) is 11.3 Å². The molecule has 0 aliphatic carbocycles. The number of thiophene rings is 1. The molecule has 2 amide bonds. The van der Waals surface area contributed by atoms with Crippen LogP contribution >= 0.6 is 11.3 Å². The summed E-state index contributed by atoms with van der Waals surface area (Å²) in [6, 6.07) is 3.20. The Bertz CT molecular complexity index is 503. The third kappa shape index (κ3) is 5.23. The van der Waals surface area contributed by atoms with Crippen LogP contribution in [0.5, 0.6) is 0 Å². The number of rotatable bonds is 5. The number of carbonyl (C=O) groups is 2. The number of carboxylic acid groups (broad SMARTS) is 1. The molecule has 0 bridgehead atoms. The lowest BCUT2D eigenvalue weighted by molar-refractivity contribution is -0.126. The first-order valence-corrected chi connectivity index (χ1v) is 7.61.